The summed E-state index contributed by atoms with van der Waals surface area (Å²) in [5.74, 6) is -1.26. The Hall–Kier alpha value is -1.78. The van der Waals surface area contributed by atoms with Gasteiger partial charge in [-0.15, -0.1) is 0 Å². The fraction of sp³-hybridized carbons (Fsp3) is 0.333. The Morgan fingerprint density at radius 1 is 1.36 bits per heavy atom. The summed E-state index contributed by atoms with van der Waals surface area (Å²) >= 11 is 0. The van der Waals surface area contributed by atoms with Crippen molar-refractivity contribution in [3.05, 3.63) is 24.3 Å². The number of nitrogens with zero attached hydrogens (tertiary/aromatic N) is 2. The standard InChI is InChI=1S/C9H8N2O3/c12-8-2-7(9(13)14-8)1-6-3-10-5-11-4-6/h3-5,7H,1-2H2. The van der Waals surface area contributed by atoms with Gasteiger partial charge < -0.3 is 4.74 Å². The van der Waals surface area contributed by atoms with E-state index in [9.17, 15) is 9.59 Å². The molecule has 0 amide bonds. The lowest BCUT2D eigenvalue weighted by Crippen LogP contribution is -2.10. The smallest absolute Gasteiger partial charge is 0.317 e. The molecule has 1 unspecified atom stereocenters. The van der Waals surface area contributed by atoms with E-state index in [4.69, 9.17) is 0 Å². The summed E-state index contributed by atoms with van der Waals surface area (Å²) in [7, 11) is 0. The Kier molecular flexibility index (Phi) is 2.22. The molecule has 1 saturated heterocycles. The van der Waals surface area contributed by atoms with Crippen LogP contribution in [0.3, 0.4) is 0 Å². The molecule has 2 heterocycles. The molecular formula is C9H8N2O3. The van der Waals surface area contributed by atoms with Crippen molar-refractivity contribution in [3.8, 4) is 0 Å². The maximum absolute atomic E-state index is 11.1. The van der Waals surface area contributed by atoms with Crippen LogP contribution in [-0.2, 0) is 20.7 Å². The number of carbonyl (C=O) groups is 2. The second-order valence-corrected chi connectivity index (χ2v) is 3.15. The van der Waals surface area contributed by atoms with Crippen molar-refractivity contribution >= 4 is 11.9 Å². The highest BCUT2D eigenvalue weighted by molar-refractivity contribution is 5.94. The van der Waals surface area contributed by atoms with Gasteiger partial charge in [0.1, 0.15) is 6.33 Å². The van der Waals surface area contributed by atoms with Crippen LogP contribution in [0.25, 0.3) is 0 Å². The Labute approximate surface area is 80.1 Å². The Morgan fingerprint density at radius 3 is 2.64 bits per heavy atom. The average Bonchev–Trinajstić information content (AvgIpc) is 2.47. The van der Waals surface area contributed by atoms with E-state index in [2.05, 4.69) is 14.7 Å². The first-order valence-electron chi connectivity index (χ1n) is 4.24. The first-order chi connectivity index (χ1) is 6.75. The van der Waals surface area contributed by atoms with Crippen molar-refractivity contribution in [2.75, 3.05) is 0 Å². The van der Waals surface area contributed by atoms with E-state index in [0.29, 0.717) is 6.42 Å². The third kappa shape index (κ3) is 1.76. The number of aromatic nitrogens is 2. The van der Waals surface area contributed by atoms with Crippen LogP contribution in [0.1, 0.15) is 12.0 Å². The van der Waals surface area contributed by atoms with Crippen LogP contribution in [0.5, 0.6) is 0 Å². The molecule has 0 spiro atoms. The van der Waals surface area contributed by atoms with E-state index in [1.807, 2.05) is 0 Å². The summed E-state index contributed by atoms with van der Waals surface area (Å²) in [6.45, 7) is 0. The zero-order valence-corrected chi connectivity index (χ0v) is 7.34. The number of hydrogen-bond donors (Lipinski definition) is 0. The van der Waals surface area contributed by atoms with Crippen LogP contribution >= 0.6 is 0 Å². The maximum atomic E-state index is 11.1. The van der Waals surface area contributed by atoms with E-state index < -0.39 is 11.9 Å². The summed E-state index contributed by atoms with van der Waals surface area (Å²) in [4.78, 5) is 29.5. The monoisotopic (exact) mass is 192 g/mol. The predicted molar refractivity (Wildman–Crippen MR) is 44.9 cm³/mol. The molecule has 5 nitrogen and oxygen atoms in total. The zero-order chi connectivity index (χ0) is 9.97. The first-order valence-corrected chi connectivity index (χ1v) is 4.24. The molecule has 0 N–H and O–H groups in total. The molecule has 1 aliphatic heterocycles. The van der Waals surface area contributed by atoms with Gasteiger partial charge in [-0.05, 0) is 12.0 Å². The van der Waals surface area contributed by atoms with Gasteiger partial charge in [-0.25, -0.2) is 9.97 Å². The number of carbonyl (C=O) groups excluding carboxylic acids is 2. The summed E-state index contributed by atoms with van der Waals surface area (Å²) < 4.78 is 4.43. The molecule has 2 rings (SSSR count). The number of rotatable bonds is 2. The lowest BCUT2D eigenvalue weighted by Gasteiger charge is -2.02. The third-order valence-electron chi connectivity index (χ3n) is 2.06. The van der Waals surface area contributed by atoms with Gasteiger partial charge in [-0.3, -0.25) is 9.59 Å². The van der Waals surface area contributed by atoms with Crippen molar-refractivity contribution in [1.82, 2.24) is 9.97 Å². The minimum absolute atomic E-state index is 0.160. The minimum Gasteiger partial charge on any atom is -0.393 e. The van der Waals surface area contributed by atoms with Gasteiger partial charge in [-0.2, -0.15) is 0 Å². The van der Waals surface area contributed by atoms with Crippen LogP contribution in [-0.4, -0.2) is 21.9 Å². The average molecular weight is 192 g/mol. The number of esters is 2. The van der Waals surface area contributed by atoms with E-state index in [0.717, 1.165) is 5.56 Å². The number of hydrogen-bond acceptors (Lipinski definition) is 5. The van der Waals surface area contributed by atoms with Crippen molar-refractivity contribution in [3.63, 3.8) is 0 Å². The Balaban J connectivity index is 2.05. The van der Waals surface area contributed by atoms with Gasteiger partial charge in [0.25, 0.3) is 0 Å². The van der Waals surface area contributed by atoms with Crippen molar-refractivity contribution in [2.24, 2.45) is 5.92 Å². The second kappa shape index (κ2) is 3.53. The molecule has 1 aliphatic rings. The second-order valence-electron chi connectivity index (χ2n) is 3.15. The quantitative estimate of drug-likeness (QED) is 0.491. The lowest BCUT2D eigenvalue weighted by molar-refractivity contribution is -0.153. The molecule has 1 atom stereocenters. The fourth-order valence-corrected chi connectivity index (χ4v) is 1.40. The SMILES string of the molecule is O=C1CC(Cc2cncnc2)C(=O)O1. The Morgan fingerprint density at radius 2 is 2.07 bits per heavy atom. The van der Waals surface area contributed by atoms with Gasteiger partial charge in [-0.1, -0.05) is 0 Å². The third-order valence-corrected chi connectivity index (χ3v) is 2.06. The molecule has 0 radical (unpaired) electrons. The Bertz CT molecular complexity index is 364. The van der Waals surface area contributed by atoms with Gasteiger partial charge in [0.15, 0.2) is 0 Å². The van der Waals surface area contributed by atoms with Crippen LogP contribution in [0.2, 0.25) is 0 Å². The van der Waals surface area contributed by atoms with Gasteiger partial charge in [0, 0.05) is 12.4 Å². The van der Waals surface area contributed by atoms with Gasteiger partial charge in [0.2, 0.25) is 0 Å². The summed E-state index contributed by atoms with van der Waals surface area (Å²) in [5, 5.41) is 0. The molecule has 14 heavy (non-hydrogen) atoms. The largest absolute Gasteiger partial charge is 0.393 e. The molecule has 72 valence electrons. The van der Waals surface area contributed by atoms with Gasteiger partial charge >= 0.3 is 11.9 Å². The van der Waals surface area contributed by atoms with Crippen molar-refractivity contribution in [2.45, 2.75) is 12.8 Å². The number of ether oxygens (including phenoxy) is 1. The van der Waals surface area contributed by atoms with Crippen LogP contribution in [0.4, 0.5) is 0 Å². The van der Waals surface area contributed by atoms with Crippen molar-refractivity contribution in [1.29, 1.82) is 0 Å². The molecule has 0 saturated carbocycles. The first kappa shape index (κ1) is 8.80. The topological polar surface area (TPSA) is 69.2 Å². The zero-order valence-electron chi connectivity index (χ0n) is 7.34. The highest BCUT2D eigenvalue weighted by Gasteiger charge is 2.33. The molecular weight excluding hydrogens is 184 g/mol. The van der Waals surface area contributed by atoms with Crippen LogP contribution in [0, 0.1) is 5.92 Å². The summed E-state index contributed by atoms with van der Waals surface area (Å²) in [6.07, 6.45) is 5.30. The molecule has 0 aromatic carbocycles. The normalized spacial score (nSPS) is 21.0. The van der Waals surface area contributed by atoms with Crippen LogP contribution < -0.4 is 0 Å². The predicted octanol–water partition coefficient (Wildman–Crippen LogP) is 0.109. The summed E-state index contributed by atoms with van der Waals surface area (Å²) in [5.41, 5.74) is 0.837. The molecule has 5 heteroatoms. The van der Waals surface area contributed by atoms with E-state index >= 15 is 0 Å². The molecule has 0 aliphatic carbocycles. The number of cyclic esters (lactones) is 2. The van der Waals surface area contributed by atoms with E-state index in [1.54, 1.807) is 12.4 Å². The van der Waals surface area contributed by atoms with Crippen LogP contribution in [0.15, 0.2) is 18.7 Å². The highest BCUT2D eigenvalue weighted by Crippen LogP contribution is 2.19. The molecule has 0 bridgehead atoms. The minimum atomic E-state index is -0.447. The van der Waals surface area contributed by atoms with Crippen molar-refractivity contribution < 1.29 is 14.3 Å². The summed E-state index contributed by atoms with van der Waals surface area (Å²) in [6, 6.07) is 0. The maximum Gasteiger partial charge on any atom is 0.317 e. The van der Waals surface area contributed by atoms with E-state index in [1.165, 1.54) is 6.33 Å². The van der Waals surface area contributed by atoms with Gasteiger partial charge in [0.05, 0.1) is 12.3 Å². The lowest BCUT2D eigenvalue weighted by atomic mass is 10.0. The molecule has 1 aromatic rings. The fourth-order valence-electron chi connectivity index (χ4n) is 1.40. The molecule has 1 aromatic heterocycles. The van der Waals surface area contributed by atoms with E-state index in [-0.39, 0.29) is 12.3 Å². The molecule has 1 fully saturated rings. The highest BCUT2D eigenvalue weighted by atomic mass is 16.6.